The van der Waals surface area contributed by atoms with Gasteiger partial charge >= 0.3 is 0 Å². The number of aromatic nitrogens is 4. The van der Waals surface area contributed by atoms with E-state index in [0.29, 0.717) is 4.64 Å². The molecule has 0 spiro atoms. The minimum atomic E-state index is 0.650. The van der Waals surface area contributed by atoms with Crippen LogP contribution in [-0.2, 0) is 13.0 Å². The van der Waals surface area contributed by atoms with Crippen molar-refractivity contribution in [1.29, 1.82) is 0 Å². The predicted octanol–water partition coefficient (Wildman–Crippen LogP) is 3.48. The summed E-state index contributed by atoms with van der Waals surface area (Å²) in [4.78, 5) is 7.48. The number of aryl methyl sites for hydroxylation is 1. The van der Waals surface area contributed by atoms with Crippen LogP contribution in [0, 0.1) is 4.64 Å². The molecule has 0 fully saturated rings. The van der Waals surface area contributed by atoms with Gasteiger partial charge in [0.15, 0.2) is 4.64 Å². The molecule has 3 aromatic heterocycles. The first-order valence-corrected chi connectivity index (χ1v) is 7.26. The summed E-state index contributed by atoms with van der Waals surface area (Å²) in [6.45, 7) is 0.993. The van der Waals surface area contributed by atoms with Crippen molar-refractivity contribution in [3.8, 4) is 11.3 Å². The Labute approximate surface area is 120 Å². The van der Waals surface area contributed by atoms with Gasteiger partial charge in [-0.3, -0.25) is 0 Å². The molecule has 0 radical (unpaired) electrons. The Kier molecular flexibility index (Phi) is 2.70. The summed E-state index contributed by atoms with van der Waals surface area (Å²) < 4.78 is 7.99. The van der Waals surface area contributed by atoms with Crippen molar-refractivity contribution >= 4 is 23.3 Å². The van der Waals surface area contributed by atoms with Crippen molar-refractivity contribution in [2.75, 3.05) is 0 Å². The summed E-state index contributed by atoms with van der Waals surface area (Å²) in [7, 11) is 0. The van der Waals surface area contributed by atoms with Crippen LogP contribution in [0.5, 0.6) is 0 Å². The van der Waals surface area contributed by atoms with Crippen molar-refractivity contribution in [1.82, 2.24) is 19.7 Å². The van der Waals surface area contributed by atoms with Gasteiger partial charge in [0.05, 0.1) is 11.8 Å². The fourth-order valence-corrected chi connectivity index (χ4v) is 3.38. The highest BCUT2D eigenvalue weighted by Gasteiger charge is 2.22. The quantitative estimate of drug-likeness (QED) is 0.696. The first-order valence-electron chi connectivity index (χ1n) is 6.86. The van der Waals surface area contributed by atoms with E-state index in [2.05, 4.69) is 19.7 Å². The minimum absolute atomic E-state index is 0.650. The smallest absolute Gasteiger partial charge is 0.153 e. The molecule has 4 heterocycles. The van der Waals surface area contributed by atoms with Crippen molar-refractivity contribution < 1.29 is 4.52 Å². The lowest BCUT2D eigenvalue weighted by atomic mass is 10.1. The second-order valence-electron chi connectivity index (χ2n) is 5.10. The Morgan fingerprint density at radius 2 is 2.25 bits per heavy atom. The van der Waals surface area contributed by atoms with Crippen LogP contribution in [0.1, 0.15) is 25.0 Å². The summed E-state index contributed by atoms with van der Waals surface area (Å²) in [5, 5.41) is 4.11. The number of H-pyrrole nitrogens is 1. The third-order valence-electron chi connectivity index (χ3n) is 3.95. The largest absolute Gasteiger partial charge is 0.364 e. The Balaban J connectivity index is 2.14. The van der Waals surface area contributed by atoms with E-state index in [-0.39, 0.29) is 0 Å². The van der Waals surface area contributed by atoms with Crippen LogP contribution in [0.4, 0.5) is 0 Å². The molecule has 102 valence electrons. The Morgan fingerprint density at radius 3 is 3.10 bits per heavy atom. The molecular weight excluding hydrogens is 272 g/mol. The summed E-state index contributed by atoms with van der Waals surface area (Å²) in [6, 6.07) is 1.90. The van der Waals surface area contributed by atoms with E-state index < -0.39 is 0 Å². The van der Waals surface area contributed by atoms with E-state index in [1.54, 1.807) is 12.6 Å². The first kappa shape index (κ1) is 11.8. The van der Waals surface area contributed by atoms with Crippen LogP contribution in [0.3, 0.4) is 0 Å². The Morgan fingerprint density at radius 1 is 1.30 bits per heavy atom. The molecule has 1 aliphatic heterocycles. The molecular formula is C14H14N4OS. The molecule has 0 aliphatic carbocycles. The molecule has 0 bridgehead atoms. The van der Waals surface area contributed by atoms with Gasteiger partial charge in [-0.2, -0.15) is 0 Å². The lowest BCUT2D eigenvalue weighted by molar-refractivity contribution is 0.422. The summed E-state index contributed by atoms with van der Waals surface area (Å²) >= 11 is 5.43. The number of rotatable bonds is 1. The highest BCUT2D eigenvalue weighted by Crippen LogP contribution is 2.35. The molecule has 0 unspecified atom stereocenters. The van der Waals surface area contributed by atoms with Gasteiger partial charge in [0, 0.05) is 23.9 Å². The average molecular weight is 286 g/mol. The topological polar surface area (TPSA) is 59.6 Å². The van der Waals surface area contributed by atoms with Crippen LogP contribution >= 0.6 is 12.2 Å². The predicted molar refractivity (Wildman–Crippen MR) is 78.0 cm³/mol. The standard InChI is InChI=1S/C14H14N4OS/c20-14-13-12(15-8-16-14)11(9-5-7-19-17-9)10-4-2-1-3-6-18(10)13/h5,7-8H,1-4,6H2,(H,15,16,20). The van der Waals surface area contributed by atoms with Crippen molar-refractivity contribution in [2.24, 2.45) is 0 Å². The summed E-state index contributed by atoms with van der Waals surface area (Å²) in [6.07, 6.45) is 7.93. The Hall–Kier alpha value is -1.95. The molecule has 0 atom stereocenters. The maximum atomic E-state index is 5.43. The zero-order chi connectivity index (χ0) is 13.5. The van der Waals surface area contributed by atoms with Gasteiger partial charge in [0.2, 0.25) is 0 Å². The van der Waals surface area contributed by atoms with E-state index in [1.165, 1.54) is 25.0 Å². The fourth-order valence-electron chi connectivity index (χ4n) is 3.11. The number of hydrogen-bond acceptors (Lipinski definition) is 4. The normalized spacial score (nSPS) is 15.2. The molecule has 1 N–H and O–H groups in total. The molecule has 20 heavy (non-hydrogen) atoms. The molecule has 5 nitrogen and oxygen atoms in total. The SMILES string of the molecule is S=c1nc[nH]c2c(-c3ccon3)c3n(c12)CCCCC3. The molecule has 4 rings (SSSR count). The van der Waals surface area contributed by atoms with E-state index >= 15 is 0 Å². The second kappa shape index (κ2) is 4.56. The van der Waals surface area contributed by atoms with Crippen LogP contribution < -0.4 is 0 Å². The highest BCUT2D eigenvalue weighted by molar-refractivity contribution is 7.71. The van der Waals surface area contributed by atoms with Gasteiger partial charge < -0.3 is 14.1 Å². The zero-order valence-corrected chi connectivity index (χ0v) is 11.7. The molecule has 0 saturated carbocycles. The lowest BCUT2D eigenvalue weighted by Gasteiger charge is -2.05. The van der Waals surface area contributed by atoms with E-state index in [9.17, 15) is 0 Å². The number of hydrogen-bond donors (Lipinski definition) is 1. The molecule has 3 aromatic rings. The van der Waals surface area contributed by atoms with Crippen LogP contribution in [0.2, 0.25) is 0 Å². The molecule has 1 aliphatic rings. The van der Waals surface area contributed by atoms with Crippen LogP contribution in [-0.4, -0.2) is 19.7 Å². The fraction of sp³-hybridized carbons (Fsp3) is 0.357. The van der Waals surface area contributed by atoms with Gasteiger partial charge in [-0.25, -0.2) is 4.98 Å². The summed E-state index contributed by atoms with van der Waals surface area (Å²) in [5.74, 6) is 0. The second-order valence-corrected chi connectivity index (χ2v) is 5.49. The molecule has 6 heteroatoms. The monoisotopic (exact) mass is 286 g/mol. The Bertz CT molecular complexity index is 816. The van der Waals surface area contributed by atoms with Crippen molar-refractivity contribution in [3.63, 3.8) is 0 Å². The maximum absolute atomic E-state index is 5.43. The third-order valence-corrected chi connectivity index (χ3v) is 4.25. The molecule has 0 aromatic carbocycles. The van der Waals surface area contributed by atoms with E-state index in [4.69, 9.17) is 16.7 Å². The van der Waals surface area contributed by atoms with E-state index in [0.717, 1.165) is 35.3 Å². The van der Waals surface area contributed by atoms with Gasteiger partial charge in [-0.1, -0.05) is 23.8 Å². The van der Waals surface area contributed by atoms with E-state index in [1.807, 2.05) is 6.07 Å². The van der Waals surface area contributed by atoms with Crippen LogP contribution in [0.25, 0.3) is 22.3 Å². The van der Waals surface area contributed by atoms with Gasteiger partial charge in [0.1, 0.15) is 17.5 Å². The van der Waals surface area contributed by atoms with Gasteiger partial charge in [-0.15, -0.1) is 0 Å². The van der Waals surface area contributed by atoms with Crippen molar-refractivity contribution in [2.45, 2.75) is 32.2 Å². The highest BCUT2D eigenvalue weighted by atomic mass is 32.1. The van der Waals surface area contributed by atoms with Crippen LogP contribution in [0.15, 0.2) is 23.2 Å². The summed E-state index contributed by atoms with van der Waals surface area (Å²) in [5.41, 5.74) is 5.32. The van der Waals surface area contributed by atoms with Crippen molar-refractivity contribution in [3.05, 3.63) is 29.0 Å². The number of aromatic amines is 1. The van der Waals surface area contributed by atoms with Gasteiger partial charge in [0.25, 0.3) is 0 Å². The average Bonchev–Trinajstić information content (AvgIpc) is 2.99. The van der Waals surface area contributed by atoms with Gasteiger partial charge in [-0.05, 0) is 19.3 Å². The number of nitrogens with one attached hydrogen (secondary N) is 1. The molecule has 0 saturated heterocycles. The maximum Gasteiger partial charge on any atom is 0.153 e. The first-order chi connectivity index (χ1) is 9.86. The zero-order valence-electron chi connectivity index (χ0n) is 10.9. The molecule has 0 amide bonds. The number of nitrogens with zero attached hydrogens (tertiary/aromatic N) is 3. The number of fused-ring (bicyclic) bond motifs is 3. The lowest BCUT2D eigenvalue weighted by Crippen LogP contribution is -2.01. The minimum Gasteiger partial charge on any atom is -0.364 e. The third kappa shape index (κ3) is 1.64.